The van der Waals surface area contributed by atoms with Crippen LogP contribution in [-0.4, -0.2) is 9.97 Å². The second-order valence-electron chi connectivity index (χ2n) is 3.26. The molecule has 2 nitrogen and oxygen atoms in total. The van der Waals surface area contributed by atoms with E-state index in [2.05, 4.69) is 29.9 Å². The first kappa shape index (κ1) is 10.8. The summed E-state index contributed by atoms with van der Waals surface area (Å²) in [5, 5.41) is 0. The molecule has 0 aliphatic rings. The molecule has 0 unspecified atom stereocenters. The molecule has 0 amide bonds. The van der Waals surface area contributed by atoms with Gasteiger partial charge in [0, 0.05) is 11.9 Å². The highest BCUT2D eigenvalue weighted by Gasteiger charge is 2.02. The molecule has 0 fully saturated rings. The van der Waals surface area contributed by atoms with Crippen molar-refractivity contribution in [2.24, 2.45) is 0 Å². The molecule has 76 valence electrons. The summed E-state index contributed by atoms with van der Waals surface area (Å²) in [4.78, 5) is 7.70. The number of hydrogen-bond donors (Lipinski definition) is 1. The van der Waals surface area contributed by atoms with Crippen LogP contribution in [0.4, 0.5) is 0 Å². The van der Waals surface area contributed by atoms with Crippen LogP contribution in [0.5, 0.6) is 0 Å². The van der Waals surface area contributed by atoms with Crippen LogP contribution in [-0.2, 0) is 0 Å². The van der Waals surface area contributed by atoms with Gasteiger partial charge in [0.25, 0.3) is 0 Å². The van der Waals surface area contributed by atoms with Crippen LogP contribution in [0, 0.1) is 20.8 Å². The third-order valence-electron chi connectivity index (χ3n) is 2.28. The summed E-state index contributed by atoms with van der Waals surface area (Å²) < 4.78 is 0. The Morgan fingerprint density at radius 3 is 2.36 bits per heavy atom. The van der Waals surface area contributed by atoms with Crippen molar-refractivity contribution in [3.8, 4) is 0 Å². The largest absolute Gasteiger partial charge is 0.360 e. The predicted molar refractivity (Wildman–Crippen MR) is 61.7 cm³/mol. The van der Waals surface area contributed by atoms with Crippen molar-refractivity contribution in [2.75, 3.05) is 0 Å². The first-order chi connectivity index (χ1) is 6.68. The van der Waals surface area contributed by atoms with Gasteiger partial charge in [-0.1, -0.05) is 13.8 Å². The van der Waals surface area contributed by atoms with Crippen LogP contribution in [0.3, 0.4) is 0 Å². The minimum atomic E-state index is 1.10. The van der Waals surface area contributed by atoms with Crippen LogP contribution in [0.25, 0.3) is 11.0 Å². The van der Waals surface area contributed by atoms with Crippen LogP contribution >= 0.6 is 0 Å². The molecule has 0 aliphatic carbocycles. The molecule has 0 aliphatic heterocycles. The SMILES string of the molecule is CC.Cc1cc2[nH]cc(C)c2nc1C. The minimum absolute atomic E-state index is 1.10. The number of nitrogens with one attached hydrogen (secondary N) is 1. The molecule has 0 saturated carbocycles. The zero-order valence-corrected chi connectivity index (χ0v) is 9.60. The lowest BCUT2D eigenvalue weighted by Crippen LogP contribution is -1.86. The number of rotatable bonds is 0. The lowest BCUT2D eigenvalue weighted by Gasteiger charge is -1.98. The van der Waals surface area contributed by atoms with Crippen LogP contribution in [0.15, 0.2) is 12.3 Å². The van der Waals surface area contributed by atoms with Crippen molar-refractivity contribution >= 4 is 11.0 Å². The molecule has 2 aromatic rings. The van der Waals surface area contributed by atoms with Gasteiger partial charge in [-0.05, 0) is 38.0 Å². The lowest BCUT2D eigenvalue weighted by molar-refractivity contribution is 1.19. The summed E-state index contributed by atoms with van der Waals surface area (Å²) in [7, 11) is 0. The van der Waals surface area contributed by atoms with Crippen LogP contribution in [0.1, 0.15) is 30.7 Å². The fourth-order valence-corrected chi connectivity index (χ4v) is 1.37. The average Bonchev–Trinajstić information content (AvgIpc) is 2.53. The standard InChI is InChI=1S/C10H12N2.C2H6/c1-6-4-9-10(12-8(6)3)7(2)5-11-9;1-2/h4-5,11H,1-3H3;1-2H3. The summed E-state index contributed by atoms with van der Waals surface area (Å²) in [6.07, 6.45) is 2.00. The number of hydrogen-bond acceptors (Lipinski definition) is 1. The highest BCUT2D eigenvalue weighted by atomic mass is 14.8. The normalized spacial score (nSPS) is 9.79. The van der Waals surface area contributed by atoms with E-state index in [9.17, 15) is 0 Å². The third-order valence-corrected chi connectivity index (χ3v) is 2.28. The van der Waals surface area contributed by atoms with E-state index < -0.39 is 0 Å². The van der Waals surface area contributed by atoms with Gasteiger partial charge in [0.15, 0.2) is 0 Å². The van der Waals surface area contributed by atoms with E-state index >= 15 is 0 Å². The molecule has 0 spiro atoms. The van der Waals surface area contributed by atoms with Gasteiger partial charge >= 0.3 is 0 Å². The Hall–Kier alpha value is -1.31. The number of fused-ring (bicyclic) bond motifs is 1. The van der Waals surface area contributed by atoms with Gasteiger partial charge in [0.05, 0.1) is 11.0 Å². The van der Waals surface area contributed by atoms with Gasteiger partial charge in [-0.25, -0.2) is 0 Å². The van der Waals surface area contributed by atoms with E-state index in [0.717, 1.165) is 16.7 Å². The number of nitrogens with zero attached hydrogens (tertiary/aromatic N) is 1. The molecule has 2 aromatic heterocycles. The van der Waals surface area contributed by atoms with Gasteiger partial charge in [0.2, 0.25) is 0 Å². The van der Waals surface area contributed by atoms with E-state index in [1.165, 1.54) is 11.1 Å². The smallest absolute Gasteiger partial charge is 0.0911 e. The highest BCUT2D eigenvalue weighted by Crippen LogP contribution is 2.17. The topological polar surface area (TPSA) is 28.7 Å². The monoisotopic (exact) mass is 190 g/mol. The quantitative estimate of drug-likeness (QED) is 0.676. The Bertz CT molecular complexity index is 427. The zero-order valence-electron chi connectivity index (χ0n) is 9.60. The van der Waals surface area contributed by atoms with E-state index in [4.69, 9.17) is 0 Å². The molecule has 0 radical (unpaired) electrons. The van der Waals surface area contributed by atoms with Gasteiger partial charge in [-0.3, -0.25) is 4.98 Å². The van der Waals surface area contributed by atoms with E-state index in [1.54, 1.807) is 0 Å². The summed E-state index contributed by atoms with van der Waals surface area (Å²) in [6, 6.07) is 2.14. The molecule has 0 atom stereocenters. The van der Waals surface area contributed by atoms with Crippen LogP contribution < -0.4 is 0 Å². The van der Waals surface area contributed by atoms with E-state index in [-0.39, 0.29) is 0 Å². The van der Waals surface area contributed by atoms with E-state index in [1.807, 2.05) is 27.0 Å². The lowest BCUT2D eigenvalue weighted by atomic mass is 10.2. The maximum atomic E-state index is 4.50. The van der Waals surface area contributed by atoms with Gasteiger partial charge < -0.3 is 4.98 Å². The van der Waals surface area contributed by atoms with Crippen molar-refractivity contribution in [1.82, 2.24) is 9.97 Å². The summed E-state index contributed by atoms with van der Waals surface area (Å²) in [5.74, 6) is 0. The molecule has 1 N–H and O–H groups in total. The molecule has 14 heavy (non-hydrogen) atoms. The molecular weight excluding hydrogens is 172 g/mol. The third kappa shape index (κ3) is 1.79. The van der Waals surface area contributed by atoms with Crippen LogP contribution in [0.2, 0.25) is 0 Å². The Morgan fingerprint density at radius 1 is 1.07 bits per heavy atom. The minimum Gasteiger partial charge on any atom is -0.360 e. The summed E-state index contributed by atoms with van der Waals surface area (Å²) in [6.45, 7) is 10.2. The maximum absolute atomic E-state index is 4.50. The van der Waals surface area contributed by atoms with Gasteiger partial charge in [-0.15, -0.1) is 0 Å². The summed E-state index contributed by atoms with van der Waals surface area (Å²) in [5.41, 5.74) is 5.80. The predicted octanol–water partition coefficient (Wildman–Crippen LogP) is 3.51. The number of H-pyrrole nitrogens is 1. The van der Waals surface area contributed by atoms with E-state index in [0.29, 0.717) is 0 Å². The van der Waals surface area contributed by atoms with Crippen molar-refractivity contribution in [1.29, 1.82) is 0 Å². The molecule has 2 rings (SSSR count). The van der Waals surface area contributed by atoms with Crippen molar-refractivity contribution < 1.29 is 0 Å². The number of aromatic nitrogens is 2. The van der Waals surface area contributed by atoms with Crippen molar-refractivity contribution in [2.45, 2.75) is 34.6 Å². The first-order valence-corrected chi connectivity index (χ1v) is 5.10. The maximum Gasteiger partial charge on any atom is 0.0911 e. The molecule has 0 bridgehead atoms. The Balaban J connectivity index is 0.000000461. The Labute approximate surface area is 85.4 Å². The average molecular weight is 190 g/mol. The van der Waals surface area contributed by atoms with Gasteiger partial charge in [-0.2, -0.15) is 0 Å². The number of aromatic amines is 1. The fourth-order valence-electron chi connectivity index (χ4n) is 1.37. The second-order valence-corrected chi connectivity index (χ2v) is 3.26. The molecule has 2 heteroatoms. The molecule has 0 aromatic carbocycles. The number of aryl methyl sites for hydroxylation is 3. The molecule has 2 heterocycles. The Morgan fingerprint density at radius 2 is 1.71 bits per heavy atom. The first-order valence-electron chi connectivity index (χ1n) is 5.10. The highest BCUT2D eigenvalue weighted by molar-refractivity contribution is 5.79. The fraction of sp³-hybridized carbons (Fsp3) is 0.417. The van der Waals surface area contributed by atoms with Gasteiger partial charge in [0.1, 0.15) is 0 Å². The Kier molecular flexibility index (Phi) is 3.28. The zero-order chi connectivity index (χ0) is 10.7. The van der Waals surface area contributed by atoms with Crippen molar-refractivity contribution in [3.05, 3.63) is 29.1 Å². The molecule has 0 saturated heterocycles. The number of pyridine rings is 1. The van der Waals surface area contributed by atoms with Crippen molar-refractivity contribution in [3.63, 3.8) is 0 Å². The second kappa shape index (κ2) is 4.27. The molecular formula is C12H18N2. The summed E-state index contributed by atoms with van der Waals surface area (Å²) >= 11 is 0.